The Labute approximate surface area is 159 Å². The van der Waals surface area contributed by atoms with Gasteiger partial charge in [0.1, 0.15) is 6.61 Å². The Kier molecular flexibility index (Phi) is 5.54. The lowest BCUT2D eigenvalue weighted by atomic mass is 10.2. The van der Waals surface area contributed by atoms with Gasteiger partial charge in [-0.1, -0.05) is 35.3 Å². The van der Waals surface area contributed by atoms with E-state index in [0.717, 1.165) is 0 Å². The van der Waals surface area contributed by atoms with Crippen LogP contribution in [0.25, 0.3) is 0 Å². The van der Waals surface area contributed by atoms with Gasteiger partial charge in [0.2, 0.25) is 6.10 Å². The van der Waals surface area contributed by atoms with E-state index in [0.29, 0.717) is 27.2 Å². The highest BCUT2D eigenvalue weighted by Gasteiger charge is 2.31. The maximum atomic E-state index is 12.2. The van der Waals surface area contributed by atoms with Gasteiger partial charge in [0.15, 0.2) is 17.6 Å². The van der Waals surface area contributed by atoms with E-state index in [2.05, 4.69) is 5.32 Å². The fourth-order valence-electron chi connectivity index (χ4n) is 2.27. The molecule has 0 aliphatic carbocycles. The highest BCUT2D eigenvalue weighted by Crippen LogP contribution is 2.31. The third-order valence-electron chi connectivity index (χ3n) is 3.62. The largest absolute Gasteiger partial charge is 0.485 e. The lowest BCUT2D eigenvalue weighted by molar-refractivity contribution is -0.162. The third kappa shape index (κ3) is 4.20. The summed E-state index contributed by atoms with van der Waals surface area (Å²) in [7, 11) is 0. The van der Waals surface area contributed by atoms with Crippen molar-refractivity contribution in [1.29, 1.82) is 0 Å². The summed E-state index contributed by atoms with van der Waals surface area (Å²) >= 11 is 11.9. The number of fused-ring (bicyclic) bond motifs is 1. The Morgan fingerprint density at radius 2 is 1.92 bits per heavy atom. The molecule has 1 aliphatic heterocycles. The molecule has 2 atom stereocenters. The van der Waals surface area contributed by atoms with Crippen molar-refractivity contribution in [1.82, 2.24) is 0 Å². The zero-order valence-corrected chi connectivity index (χ0v) is 15.2. The summed E-state index contributed by atoms with van der Waals surface area (Å²) < 4.78 is 16.2. The molecule has 1 amide bonds. The molecule has 136 valence electrons. The molecule has 0 spiro atoms. The second kappa shape index (κ2) is 7.85. The predicted octanol–water partition coefficient (Wildman–Crippen LogP) is 3.70. The van der Waals surface area contributed by atoms with Crippen LogP contribution in [-0.4, -0.2) is 30.7 Å². The van der Waals surface area contributed by atoms with E-state index in [1.165, 1.54) is 13.0 Å². The van der Waals surface area contributed by atoms with Crippen molar-refractivity contribution >= 4 is 40.8 Å². The van der Waals surface area contributed by atoms with Crippen LogP contribution >= 0.6 is 23.2 Å². The fourth-order valence-corrected chi connectivity index (χ4v) is 2.60. The summed E-state index contributed by atoms with van der Waals surface area (Å²) in [6.45, 7) is 1.45. The summed E-state index contributed by atoms with van der Waals surface area (Å²) in [4.78, 5) is 24.5. The molecule has 3 rings (SSSR count). The molecule has 1 aliphatic rings. The second-order valence-corrected chi connectivity index (χ2v) is 6.40. The van der Waals surface area contributed by atoms with Gasteiger partial charge in [0, 0.05) is 5.02 Å². The topological polar surface area (TPSA) is 73.9 Å². The van der Waals surface area contributed by atoms with Crippen LogP contribution in [0.2, 0.25) is 10.0 Å². The monoisotopic (exact) mass is 395 g/mol. The number of rotatable bonds is 4. The highest BCUT2D eigenvalue weighted by atomic mass is 35.5. The van der Waals surface area contributed by atoms with Crippen LogP contribution in [0.15, 0.2) is 42.5 Å². The van der Waals surface area contributed by atoms with Crippen molar-refractivity contribution in [3.63, 3.8) is 0 Å². The number of benzene rings is 2. The molecule has 0 unspecified atom stereocenters. The molecule has 2 aromatic carbocycles. The van der Waals surface area contributed by atoms with Crippen LogP contribution in [0.1, 0.15) is 6.92 Å². The van der Waals surface area contributed by atoms with Gasteiger partial charge in [0.25, 0.3) is 5.91 Å². The average molecular weight is 396 g/mol. The zero-order valence-electron chi connectivity index (χ0n) is 13.7. The third-order valence-corrected chi connectivity index (χ3v) is 4.18. The number of carbonyl (C=O) groups excluding carboxylic acids is 2. The van der Waals surface area contributed by atoms with E-state index in [9.17, 15) is 9.59 Å². The first kappa shape index (κ1) is 18.4. The smallest absolute Gasteiger partial charge is 0.351 e. The Morgan fingerprint density at radius 3 is 2.69 bits per heavy atom. The number of nitrogens with one attached hydrogen (secondary N) is 1. The van der Waals surface area contributed by atoms with Crippen molar-refractivity contribution in [3.8, 4) is 11.5 Å². The van der Waals surface area contributed by atoms with E-state index in [1.807, 2.05) is 0 Å². The van der Waals surface area contributed by atoms with Crippen molar-refractivity contribution in [3.05, 3.63) is 52.5 Å². The van der Waals surface area contributed by atoms with E-state index in [1.54, 1.807) is 36.4 Å². The molecular weight excluding hydrogens is 381 g/mol. The molecular formula is C18H15Cl2NO5. The molecule has 1 heterocycles. The number of hydrogen-bond donors (Lipinski definition) is 1. The second-order valence-electron chi connectivity index (χ2n) is 5.56. The SMILES string of the molecule is C[C@@H](OC(=O)[C@H]1COc2ccccc2O1)C(=O)Nc1cc(Cl)ccc1Cl. The summed E-state index contributed by atoms with van der Waals surface area (Å²) in [5.74, 6) is -0.236. The summed E-state index contributed by atoms with van der Waals surface area (Å²) in [5.41, 5.74) is 0.332. The zero-order chi connectivity index (χ0) is 18.7. The fraction of sp³-hybridized carbons (Fsp3) is 0.222. The quantitative estimate of drug-likeness (QED) is 0.798. The molecule has 2 aromatic rings. The van der Waals surface area contributed by atoms with Gasteiger partial charge in [-0.2, -0.15) is 0 Å². The van der Waals surface area contributed by atoms with Gasteiger partial charge >= 0.3 is 5.97 Å². The maximum absolute atomic E-state index is 12.2. The molecule has 0 fully saturated rings. The van der Waals surface area contributed by atoms with Gasteiger partial charge in [-0.25, -0.2) is 4.79 Å². The molecule has 8 heteroatoms. The van der Waals surface area contributed by atoms with Gasteiger partial charge in [-0.05, 0) is 37.3 Å². The summed E-state index contributed by atoms with van der Waals surface area (Å²) in [6.07, 6.45) is -2.01. The van der Waals surface area contributed by atoms with Gasteiger partial charge in [0.05, 0.1) is 10.7 Å². The minimum Gasteiger partial charge on any atom is -0.485 e. The Balaban J connectivity index is 1.59. The molecule has 0 radical (unpaired) electrons. The van der Waals surface area contributed by atoms with Crippen molar-refractivity contribution < 1.29 is 23.8 Å². The lowest BCUT2D eigenvalue weighted by Crippen LogP contribution is -2.41. The first-order chi connectivity index (χ1) is 12.4. The van der Waals surface area contributed by atoms with Crippen LogP contribution in [0.4, 0.5) is 5.69 Å². The number of carbonyl (C=O) groups is 2. The molecule has 1 N–H and O–H groups in total. The minimum atomic E-state index is -1.06. The number of hydrogen-bond acceptors (Lipinski definition) is 5. The number of amides is 1. The summed E-state index contributed by atoms with van der Waals surface area (Å²) in [6, 6.07) is 11.6. The predicted molar refractivity (Wildman–Crippen MR) is 97.0 cm³/mol. The van der Waals surface area contributed by atoms with Crippen LogP contribution in [-0.2, 0) is 14.3 Å². The summed E-state index contributed by atoms with van der Waals surface area (Å²) in [5, 5.41) is 3.31. The van der Waals surface area contributed by atoms with Crippen LogP contribution < -0.4 is 14.8 Å². The first-order valence-corrected chi connectivity index (χ1v) is 8.54. The Hall–Kier alpha value is -2.44. The average Bonchev–Trinajstić information content (AvgIpc) is 2.64. The molecule has 0 saturated carbocycles. The van der Waals surface area contributed by atoms with Crippen LogP contribution in [0.3, 0.4) is 0 Å². The number of anilines is 1. The van der Waals surface area contributed by atoms with Gasteiger partial charge in [-0.3, -0.25) is 4.79 Å². The molecule has 0 aromatic heterocycles. The van der Waals surface area contributed by atoms with Gasteiger partial charge < -0.3 is 19.5 Å². The highest BCUT2D eigenvalue weighted by molar-refractivity contribution is 6.35. The number of esters is 1. The molecule has 0 bridgehead atoms. The standard InChI is InChI=1S/C18H15Cl2NO5/c1-10(17(22)21-13-8-11(19)6-7-12(13)20)25-18(23)16-9-24-14-4-2-3-5-15(14)26-16/h2-8,10,16H,9H2,1H3,(H,21,22)/t10-,16-/m1/s1. The normalized spacial score (nSPS) is 16.5. The number of para-hydroxylation sites is 2. The van der Waals surface area contributed by atoms with E-state index in [4.69, 9.17) is 37.4 Å². The van der Waals surface area contributed by atoms with Crippen LogP contribution in [0, 0.1) is 0 Å². The Morgan fingerprint density at radius 1 is 1.19 bits per heavy atom. The van der Waals surface area contributed by atoms with Crippen LogP contribution in [0.5, 0.6) is 11.5 Å². The van der Waals surface area contributed by atoms with Gasteiger partial charge in [-0.15, -0.1) is 0 Å². The lowest BCUT2D eigenvalue weighted by Gasteiger charge is -2.25. The molecule has 26 heavy (non-hydrogen) atoms. The molecule has 6 nitrogen and oxygen atoms in total. The number of halogens is 2. The van der Waals surface area contributed by atoms with E-state index >= 15 is 0 Å². The number of ether oxygens (including phenoxy) is 3. The van der Waals surface area contributed by atoms with Crippen molar-refractivity contribution in [2.24, 2.45) is 0 Å². The maximum Gasteiger partial charge on any atom is 0.351 e. The van der Waals surface area contributed by atoms with E-state index in [-0.39, 0.29) is 6.61 Å². The van der Waals surface area contributed by atoms with Crippen molar-refractivity contribution in [2.45, 2.75) is 19.1 Å². The van der Waals surface area contributed by atoms with E-state index < -0.39 is 24.1 Å². The van der Waals surface area contributed by atoms with Crippen molar-refractivity contribution in [2.75, 3.05) is 11.9 Å². The first-order valence-electron chi connectivity index (χ1n) is 7.79. The Bertz CT molecular complexity index is 842. The minimum absolute atomic E-state index is 0.00427. The molecule has 0 saturated heterocycles.